The van der Waals surface area contributed by atoms with Crippen LogP contribution in [0.4, 0.5) is 13.2 Å². The number of carboxylic acid groups (broad SMARTS) is 2. The molecule has 0 radical (unpaired) electrons. The van der Waals surface area contributed by atoms with Gasteiger partial charge in [0, 0.05) is 11.5 Å². The van der Waals surface area contributed by atoms with Crippen molar-refractivity contribution in [2.24, 2.45) is 0 Å². The number of rotatable bonds is 9. The molecule has 4 N–H and O–H groups in total. The lowest BCUT2D eigenvalue weighted by molar-refractivity contribution is -0.151. The molecule has 3 aromatic rings. The normalized spacial score (nSPS) is 19.2. The number of amides is 2. The number of hydrogen-bond donors (Lipinski definition) is 4. The molecule has 0 aliphatic carbocycles. The van der Waals surface area contributed by atoms with Gasteiger partial charge in [-0.1, -0.05) is 12.1 Å². The lowest BCUT2D eigenvalue weighted by Crippen LogP contribution is -2.70. The highest BCUT2D eigenvalue weighted by molar-refractivity contribution is 8.01. The van der Waals surface area contributed by atoms with Crippen LogP contribution in [0.3, 0.4) is 0 Å². The second-order valence-electron chi connectivity index (χ2n) is 9.24. The Kier molecular flexibility index (Phi) is 7.97. The van der Waals surface area contributed by atoms with E-state index in [9.17, 15) is 47.4 Å². The molecule has 14 nitrogen and oxygen atoms in total. The number of nitrogens with zero attached hydrogens (tertiary/aromatic N) is 5. The van der Waals surface area contributed by atoms with E-state index in [4.69, 9.17) is 5.11 Å². The predicted molar refractivity (Wildman–Crippen MR) is 142 cm³/mol. The van der Waals surface area contributed by atoms with E-state index in [1.165, 1.54) is 12.1 Å². The Hall–Kier alpha value is -4.36. The van der Waals surface area contributed by atoms with Gasteiger partial charge in [-0.25, -0.2) is 9.59 Å². The van der Waals surface area contributed by atoms with Crippen LogP contribution in [0.2, 0.25) is 0 Å². The summed E-state index contributed by atoms with van der Waals surface area (Å²) < 4.78 is 40.0. The molecule has 2 amide bonds. The number of carboxylic acids is 2. The van der Waals surface area contributed by atoms with E-state index in [1.54, 1.807) is 0 Å². The van der Waals surface area contributed by atoms with Crippen molar-refractivity contribution in [3.8, 4) is 0 Å². The maximum atomic E-state index is 12.9. The second-order valence-corrected chi connectivity index (χ2v) is 11.3. The topological polar surface area (TPSA) is 196 Å². The average Bonchev–Trinajstić information content (AvgIpc) is 3.26. The van der Waals surface area contributed by atoms with Gasteiger partial charge in [0.05, 0.1) is 5.56 Å². The van der Waals surface area contributed by atoms with Gasteiger partial charge in [0.2, 0.25) is 0 Å². The first-order valence-electron chi connectivity index (χ1n) is 12.1. The van der Waals surface area contributed by atoms with Crippen molar-refractivity contribution in [2.75, 3.05) is 11.5 Å². The number of β-lactam (4-membered cyclic amide) rings is 1. The van der Waals surface area contributed by atoms with Gasteiger partial charge in [0.1, 0.15) is 28.7 Å². The number of fused-ring (bicyclic) bond motifs is 2. The number of hydrogen-bond acceptors (Lipinski definition) is 10. The monoisotopic (exact) mass is 640 g/mol. The number of carbonyl (C=O) groups excluding carboxylic acids is 2. The molecular weight excluding hydrogens is 621 g/mol. The Labute approximate surface area is 246 Å². The van der Waals surface area contributed by atoms with Gasteiger partial charge in [-0.3, -0.25) is 19.3 Å². The van der Waals surface area contributed by atoms with Gasteiger partial charge in [-0.05, 0) is 35.4 Å². The first kappa shape index (κ1) is 30.1. The van der Waals surface area contributed by atoms with Crippen LogP contribution in [0.5, 0.6) is 0 Å². The number of aliphatic hydroxyl groups excluding tert-OH is 1. The minimum atomic E-state index is -4.60. The minimum absolute atomic E-state index is 0.0608. The highest BCUT2D eigenvalue weighted by Crippen LogP contribution is 2.41. The van der Waals surface area contributed by atoms with Crippen LogP contribution in [0.25, 0.3) is 5.65 Å². The van der Waals surface area contributed by atoms with Crippen LogP contribution >= 0.6 is 23.5 Å². The molecule has 2 aromatic heterocycles. The van der Waals surface area contributed by atoms with E-state index in [2.05, 4.69) is 15.5 Å². The standard InChI is InChI=1S/C24H19F3N6O8S2/c25-24(26,27)12-3-1-10(2-4-12)18(36)19(37)28-16-20(38)32-17(22(39)40)11(9-43-21(16)32)8-42-14-6-5-13-29-31(7-15(34)35)23(41)33(13)30-14/h1-6,16,18,21,36H,7-9H2,(H,28,37)(H,34,35)(H,39,40)/t16?,18-,21-/m1/s1. The third-order valence-electron chi connectivity index (χ3n) is 6.44. The van der Waals surface area contributed by atoms with E-state index < -0.39 is 65.2 Å². The fourth-order valence-electron chi connectivity index (χ4n) is 4.39. The number of thioether (sulfide) groups is 2. The van der Waals surface area contributed by atoms with Crippen LogP contribution in [0.15, 0.2) is 57.5 Å². The first-order chi connectivity index (χ1) is 20.3. The van der Waals surface area contributed by atoms with Crippen LogP contribution in [0.1, 0.15) is 17.2 Å². The van der Waals surface area contributed by atoms with Crippen molar-refractivity contribution >= 4 is 52.9 Å². The number of aliphatic carboxylic acids is 2. The molecule has 0 bridgehead atoms. The molecule has 2 aliphatic heterocycles. The number of carbonyl (C=O) groups is 4. The zero-order valence-corrected chi connectivity index (χ0v) is 23.0. The Bertz CT molecular complexity index is 1740. The number of halogens is 3. The molecule has 1 unspecified atom stereocenters. The smallest absolute Gasteiger partial charge is 0.416 e. The molecule has 1 saturated heterocycles. The van der Waals surface area contributed by atoms with Crippen molar-refractivity contribution in [1.29, 1.82) is 0 Å². The van der Waals surface area contributed by atoms with Gasteiger partial charge < -0.3 is 20.6 Å². The summed E-state index contributed by atoms with van der Waals surface area (Å²) in [4.78, 5) is 62.0. The molecule has 19 heteroatoms. The van der Waals surface area contributed by atoms with Gasteiger partial charge in [0.15, 0.2) is 11.8 Å². The minimum Gasteiger partial charge on any atom is -0.480 e. The predicted octanol–water partition coefficient (Wildman–Crippen LogP) is 0.559. The lowest BCUT2D eigenvalue weighted by atomic mass is 10.0. The van der Waals surface area contributed by atoms with E-state index >= 15 is 0 Å². The fraction of sp³-hybridized carbons (Fsp3) is 0.292. The molecule has 0 spiro atoms. The summed E-state index contributed by atoms with van der Waals surface area (Å²) in [5, 5.41) is 39.0. The maximum Gasteiger partial charge on any atom is 0.416 e. The number of aliphatic hydroxyl groups is 1. The zero-order valence-electron chi connectivity index (χ0n) is 21.4. The van der Waals surface area contributed by atoms with Crippen molar-refractivity contribution in [3.63, 3.8) is 0 Å². The molecule has 5 rings (SSSR count). The summed E-state index contributed by atoms with van der Waals surface area (Å²) in [6, 6.07) is 5.08. The Morgan fingerprint density at radius 3 is 2.42 bits per heavy atom. The summed E-state index contributed by atoms with van der Waals surface area (Å²) >= 11 is 2.23. The third kappa shape index (κ3) is 5.82. The molecule has 3 atom stereocenters. The zero-order chi connectivity index (χ0) is 31.2. The summed E-state index contributed by atoms with van der Waals surface area (Å²) in [6.45, 7) is -0.656. The number of aromatic nitrogens is 4. The number of benzene rings is 1. The lowest BCUT2D eigenvalue weighted by Gasteiger charge is -2.49. The van der Waals surface area contributed by atoms with E-state index in [0.29, 0.717) is 22.7 Å². The van der Waals surface area contributed by atoms with Gasteiger partial charge in [-0.15, -0.1) is 28.6 Å². The molecule has 43 heavy (non-hydrogen) atoms. The summed E-state index contributed by atoms with van der Waals surface area (Å²) in [5.41, 5.74) is -1.69. The van der Waals surface area contributed by atoms with Crippen molar-refractivity contribution < 1.29 is 47.7 Å². The van der Waals surface area contributed by atoms with E-state index in [-0.39, 0.29) is 28.4 Å². The average molecular weight is 641 g/mol. The van der Waals surface area contributed by atoms with Crippen LogP contribution in [-0.2, 0) is 31.9 Å². The molecule has 0 saturated carbocycles. The molecule has 2 aliphatic rings. The Morgan fingerprint density at radius 1 is 1.09 bits per heavy atom. The third-order valence-corrected chi connectivity index (χ3v) is 8.79. The van der Waals surface area contributed by atoms with Crippen LogP contribution in [-0.4, -0.2) is 86.3 Å². The summed E-state index contributed by atoms with van der Waals surface area (Å²) in [6.07, 6.45) is -6.47. The summed E-state index contributed by atoms with van der Waals surface area (Å²) in [5.74, 6) is -4.23. The van der Waals surface area contributed by atoms with Crippen molar-refractivity contribution in [3.05, 3.63) is 69.3 Å². The quantitative estimate of drug-likeness (QED) is 0.188. The molecular formula is C24H19F3N6O8S2. The number of nitrogens with one attached hydrogen (secondary N) is 1. The van der Waals surface area contributed by atoms with Crippen molar-refractivity contribution in [2.45, 2.75) is 35.3 Å². The first-order valence-corrected chi connectivity index (χ1v) is 14.2. The second kappa shape index (κ2) is 11.4. The molecule has 226 valence electrons. The largest absolute Gasteiger partial charge is 0.480 e. The van der Waals surface area contributed by atoms with Gasteiger partial charge in [0.25, 0.3) is 11.8 Å². The Balaban J connectivity index is 1.27. The van der Waals surface area contributed by atoms with Gasteiger partial charge in [-0.2, -0.15) is 27.5 Å². The molecule has 4 heterocycles. The fourth-order valence-corrected chi connectivity index (χ4v) is 6.73. The van der Waals surface area contributed by atoms with E-state index in [0.717, 1.165) is 49.8 Å². The maximum absolute atomic E-state index is 12.9. The highest BCUT2D eigenvalue weighted by atomic mass is 32.2. The SMILES string of the molecule is O=C(O)Cn1nc2ccc(SCC3=C(C(=O)O)N4C(=O)C(NC(=O)[C@H](O)c5ccc(C(F)(F)F)cc5)[C@H]4SC3)nn2c1=O. The van der Waals surface area contributed by atoms with Crippen LogP contribution in [0, 0.1) is 0 Å². The highest BCUT2D eigenvalue weighted by Gasteiger charge is 2.54. The van der Waals surface area contributed by atoms with E-state index in [1.807, 2.05) is 0 Å². The molecule has 1 fully saturated rings. The van der Waals surface area contributed by atoms with Crippen molar-refractivity contribution in [1.82, 2.24) is 29.6 Å². The number of alkyl halides is 3. The molecule has 1 aromatic carbocycles. The Morgan fingerprint density at radius 2 is 1.79 bits per heavy atom. The van der Waals surface area contributed by atoms with Crippen LogP contribution < -0.4 is 11.0 Å². The van der Waals surface area contributed by atoms with Gasteiger partial charge >= 0.3 is 23.8 Å². The summed E-state index contributed by atoms with van der Waals surface area (Å²) in [7, 11) is 0.